The van der Waals surface area contributed by atoms with Crippen LogP contribution in [0.2, 0.25) is 0 Å². The second-order valence-electron chi connectivity index (χ2n) is 3.65. The van der Waals surface area contributed by atoms with Gasteiger partial charge in [-0.05, 0) is 12.1 Å². The molecule has 6 heteroatoms. The summed E-state index contributed by atoms with van der Waals surface area (Å²) < 4.78 is 16.7. The van der Waals surface area contributed by atoms with Crippen LogP contribution in [0.15, 0.2) is 35.4 Å². The number of ether oxygens (including phenoxy) is 3. The van der Waals surface area contributed by atoms with Crippen molar-refractivity contribution in [1.29, 1.82) is 0 Å². The van der Waals surface area contributed by atoms with Crippen molar-refractivity contribution in [1.82, 2.24) is 9.55 Å². The van der Waals surface area contributed by atoms with Crippen LogP contribution in [-0.4, -0.2) is 30.9 Å². The molecule has 19 heavy (non-hydrogen) atoms. The Morgan fingerprint density at radius 1 is 1.05 bits per heavy atom. The van der Waals surface area contributed by atoms with Crippen LogP contribution >= 0.6 is 0 Å². The summed E-state index contributed by atoms with van der Waals surface area (Å²) in [5, 5.41) is 0. The quantitative estimate of drug-likeness (QED) is 0.830. The maximum atomic E-state index is 12.1. The Balaban J connectivity index is 2.56. The molecule has 0 bridgehead atoms. The molecule has 0 aliphatic carbocycles. The molecule has 0 atom stereocenters. The van der Waals surface area contributed by atoms with E-state index in [1.54, 1.807) is 31.5 Å². The van der Waals surface area contributed by atoms with E-state index in [-0.39, 0.29) is 11.4 Å². The van der Waals surface area contributed by atoms with Crippen LogP contribution in [0.3, 0.4) is 0 Å². The van der Waals surface area contributed by atoms with Gasteiger partial charge in [-0.1, -0.05) is 0 Å². The standard InChI is InChI=1S/C13H14N2O4/c1-17-10-5-4-9(8-11(10)18-2)15-7-6-14-12(19-3)13(15)16/h4-8H,1-3H3. The fraction of sp³-hybridized carbons (Fsp3) is 0.231. The molecule has 0 aliphatic heterocycles. The SMILES string of the molecule is COc1ccc(-n2ccnc(OC)c2=O)cc1OC. The second kappa shape index (κ2) is 5.43. The molecule has 2 rings (SSSR count). The first-order chi connectivity index (χ1) is 9.21. The van der Waals surface area contributed by atoms with Gasteiger partial charge in [-0.3, -0.25) is 9.36 Å². The van der Waals surface area contributed by atoms with Gasteiger partial charge in [0.2, 0.25) is 0 Å². The fourth-order valence-electron chi connectivity index (χ4n) is 1.71. The van der Waals surface area contributed by atoms with Crippen LogP contribution in [0.4, 0.5) is 0 Å². The Hall–Kier alpha value is -2.50. The summed E-state index contributed by atoms with van der Waals surface area (Å²) >= 11 is 0. The Morgan fingerprint density at radius 3 is 2.42 bits per heavy atom. The minimum Gasteiger partial charge on any atom is -0.493 e. The zero-order chi connectivity index (χ0) is 13.8. The smallest absolute Gasteiger partial charge is 0.317 e. The summed E-state index contributed by atoms with van der Waals surface area (Å²) in [6, 6.07) is 5.19. The molecule has 0 unspecified atom stereocenters. The van der Waals surface area contributed by atoms with Gasteiger partial charge in [-0.15, -0.1) is 0 Å². The van der Waals surface area contributed by atoms with Gasteiger partial charge in [0.25, 0.3) is 5.88 Å². The van der Waals surface area contributed by atoms with Gasteiger partial charge >= 0.3 is 5.56 Å². The van der Waals surface area contributed by atoms with E-state index in [1.165, 1.54) is 25.0 Å². The summed E-state index contributed by atoms with van der Waals surface area (Å²) in [6.07, 6.45) is 3.06. The highest BCUT2D eigenvalue weighted by molar-refractivity contribution is 5.49. The van der Waals surface area contributed by atoms with E-state index in [9.17, 15) is 4.79 Å². The van der Waals surface area contributed by atoms with E-state index in [0.717, 1.165) is 0 Å². The Labute approximate surface area is 110 Å². The lowest BCUT2D eigenvalue weighted by Gasteiger charge is -2.11. The molecule has 6 nitrogen and oxygen atoms in total. The molecule has 1 aromatic heterocycles. The molecule has 0 aliphatic rings. The number of hydrogen-bond donors (Lipinski definition) is 0. The van der Waals surface area contributed by atoms with E-state index in [4.69, 9.17) is 14.2 Å². The first kappa shape index (κ1) is 12.9. The maximum absolute atomic E-state index is 12.1. The Morgan fingerprint density at radius 2 is 1.79 bits per heavy atom. The van der Waals surface area contributed by atoms with Crippen LogP contribution in [0.5, 0.6) is 17.4 Å². The van der Waals surface area contributed by atoms with E-state index in [0.29, 0.717) is 17.2 Å². The molecule has 0 saturated heterocycles. The monoisotopic (exact) mass is 262 g/mol. The summed E-state index contributed by atoms with van der Waals surface area (Å²) in [7, 11) is 4.50. The van der Waals surface area contributed by atoms with Crippen LogP contribution in [0.25, 0.3) is 5.69 Å². The van der Waals surface area contributed by atoms with Crippen molar-refractivity contribution in [2.45, 2.75) is 0 Å². The average molecular weight is 262 g/mol. The molecule has 2 aromatic rings. The predicted molar refractivity (Wildman–Crippen MR) is 69.5 cm³/mol. The summed E-state index contributed by atoms with van der Waals surface area (Å²) in [4.78, 5) is 15.9. The van der Waals surface area contributed by atoms with Crippen molar-refractivity contribution in [2.75, 3.05) is 21.3 Å². The maximum Gasteiger partial charge on any atom is 0.317 e. The predicted octanol–water partition coefficient (Wildman–Crippen LogP) is 1.26. The van der Waals surface area contributed by atoms with Crippen molar-refractivity contribution in [2.24, 2.45) is 0 Å². The highest BCUT2D eigenvalue weighted by Gasteiger charge is 2.09. The highest BCUT2D eigenvalue weighted by Crippen LogP contribution is 2.28. The lowest BCUT2D eigenvalue weighted by Crippen LogP contribution is -2.20. The van der Waals surface area contributed by atoms with E-state index < -0.39 is 0 Å². The minimum atomic E-state index is -0.336. The number of rotatable bonds is 4. The molecule has 0 fully saturated rings. The van der Waals surface area contributed by atoms with Gasteiger partial charge in [0.15, 0.2) is 11.5 Å². The molecule has 0 N–H and O–H groups in total. The lowest BCUT2D eigenvalue weighted by atomic mass is 10.2. The van der Waals surface area contributed by atoms with Crippen LogP contribution in [0, 0.1) is 0 Å². The summed E-state index contributed by atoms with van der Waals surface area (Å²) in [6.45, 7) is 0. The molecular weight excluding hydrogens is 248 g/mol. The third-order valence-corrected chi connectivity index (χ3v) is 2.65. The van der Waals surface area contributed by atoms with Gasteiger partial charge in [0, 0.05) is 18.5 Å². The molecule has 1 heterocycles. The largest absolute Gasteiger partial charge is 0.493 e. The third-order valence-electron chi connectivity index (χ3n) is 2.65. The van der Waals surface area contributed by atoms with Gasteiger partial charge < -0.3 is 14.2 Å². The second-order valence-corrected chi connectivity index (χ2v) is 3.65. The number of nitrogens with zero attached hydrogens (tertiary/aromatic N) is 2. The van der Waals surface area contributed by atoms with Gasteiger partial charge in [-0.25, -0.2) is 4.98 Å². The molecule has 100 valence electrons. The number of methoxy groups -OCH3 is 3. The molecule has 0 amide bonds. The third kappa shape index (κ3) is 2.37. The van der Waals surface area contributed by atoms with Crippen LogP contribution in [-0.2, 0) is 0 Å². The van der Waals surface area contributed by atoms with E-state index in [2.05, 4.69) is 4.98 Å². The molecule has 0 radical (unpaired) electrons. The first-order valence-electron chi connectivity index (χ1n) is 5.55. The van der Waals surface area contributed by atoms with Crippen molar-refractivity contribution >= 4 is 0 Å². The van der Waals surface area contributed by atoms with Crippen LogP contribution in [0.1, 0.15) is 0 Å². The first-order valence-corrected chi connectivity index (χ1v) is 5.55. The van der Waals surface area contributed by atoms with Crippen molar-refractivity contribution < 1.29 is 14.2 Å². The molecular formula is C13H14N2O4. The molecule has 1 aromatic carbocycles. The molecule has 0 spiro atoms. The van der Waals surface area contributed by atoms with Gasteiger partial charge in [0.05, 0.1) is 27.0 Å². The highest BCUT2D eigenvalue weighted by atomic mass is 16.5. The number of hydrogen-bond acceptors (Lipinski definition) is 5. The van der Waals surface area contributed by atoms with E-state index >= 15 is 0 Å². The normalized spacial score (nSPS) is 10.1. The molecule has 0 saturated carbocycles. The van der Waals surface area contributed by atoms with E-state index in [1.807, 2.05) is 0 Å². The zero-order valence-electron chi connectivity index (χ0n) is 10.9. The zero-order valence-corrected chi connectivity index (χ0v) is 10.9. The van der Waals surface area contributed by atoms with Crippen LogP contribution < -0.4 is 19.8 Å². The topological polar surface area (TPSA) is 62.6 Å². The fourth-order valence-corrected chi connectivity index (χ4v) is 1.71. The Kier molecular flexibility index (Phi) is 3.70. The van der Waals surface area contributed by atoms with Gasteiger partial charge in [-0.2, -0.15) is 0 Å². The minimum absolute atomic E-state index is 0.0392. The summed E-state index contributed by atoms with van der Waals surface area (Å²) in [5.74, 6) is 1.18. The number of aromatic nitrogens is 2. The average Bonchev–Trinajstić information content (AvgIpc) is 2.46. The lowest BCUT2D eigenvalue weighted by molar-refractivity contribution is 0.354. The Bertz CT molecular complexity index is 637. The van der Waals surface area contributed by atoms with Crippen molar-refractivity contribution in [3.8, 4) is 23.1 Å². The van der Waals surface area contributed by atoms with Crippen molar-refractivity contribution in [3.05, 3.63) is 40.9 Å². The van der Waals surface area contributed by atoms with Gasteiger partial charge in [0.1, 0.15) is 0 Å². The van der Waals surface area contributed by atoms with Crippen molar-refractivity contribution in [3.63, 3.8) is 0 Å². The number of benzene rings is 1. The summed E-state index contributed by atoms with van der Waals surface area (Å²) in [5.41, 5.74) is 0.306.